The summed E-state index contributed by atoms with van der Waals surface area (Å²) < 4.78 is 7.89. The minimum absolute atomic E-state index is 0.0506. The van der Waals surface area contributed by atoms with Crippen molar-refractivity contribution in [1.82, 2.24) is 25.0 Å². The molecule has 0 unspecified atom stereocenters. The van der Waals surface area contributed by atoms with Gasteiger partial charge in [-0.15, -0.1) is 10.2 Å². The first-order chi connectivity index (χ1) is 14.3. The van der Waals surface area contributed by atoms with Crippen LogP contribution < -0.4 is 5.32 Å². The third kappa shape index (κ3) is 3.79. The molecule has 1 N–H and O–H groups in total. The standard InChI is InChI=1S/C22H23N5O2/c28-22(17-7-4-8-19(9-17)27-14-23-24-15-27)25-18-10-20-13-29-21(12-26(20)11-18)16-5-2-1-3-6-16/h1-9,14-15,18,20-21H,10-13H2,(H,25,28)/t18-,20+,21-/m1/s1. The number of fused-ring (bicyclic) bond motifs is 1. The number of rotatable bonds is 4. The molecule has 0 bridgehead atoms. The topological polar surface area (TPSA) is 72.3 Å². The van der Waals surface area contributed by atoms with Crippen LogP contribution in [0.3, 0.4) is 0 Å². The second kappa shape index (κ2) is 7.77. The van der Waals surface area contributed by atoms with Gasteiger partial charge in [-0.2, -0.15) is 0 Å². The Morgan fingerprint density at radius 1 is 1.03 bits per heavy atom. The normalized spacial score (nSPS) is 24.2. The number of benzene rings is 2. The van der Waals surface area contributed by atoms with E-state index in [0.29, 0.717) is 18.2 Å². The lowest BCUT2D eigenvalue weighted by Gasteiger charge is -2.35. The zero-order chi connectivity index (χ0) is 19.6. The van der Waals surface area contributed by atoms with E-state index in [4.69, 9.17) is 4.74 Å². The van der Waals surface area contributed by atoms with Gasteiger partial charge in [-0.3, -0.25) is 14.3 Å². The van der Waals surface area contributed by atoms with Gasteiger partial charge in [0, 0.05) is 36.4 Å². The van der Waals surface area contributed by atoms with Crippen molar-refractivity contribution in [2.45, 2.75) is 24.6 Å². The van der Waals surface area contributed by atoms with Gasteiger partial charge in [0.05, 0.1) is 12.7 Å². The number of nitrogens with zero attached hydrogens (tertiary/aromatic N) is 4. The second-order valence-corrected chi connectivity index (χ2v) is 7.67. The van der Waals surface area contributed by atoms with Crippen molar-refractivity contribution in [2.75, 3.05) is 19.7 Å². The number of ether oxygens (including phenoxy) is 1. The fourth-order valence-electron chi connectivity index (χ4n) is 4.26. The number of carbonyl (C=O) groups is 1. The second-order valence-electron chi connectivity index (χ2n) is 7.67. The molecule has 2 fully saturated rings. The molecule has 1 amide bonds. The van der Waals surface area contributed by atoms with E-state index >= 15 is 0 Å². The Kier molecular flexibility index (Phi) is 4.83. The molecule has 1 aromatic heterocycles. The van der Waals surface area contributed by atoms with Crippen molar-refractivity contribution in [3.05, 3.63) is 78.4 Å². The van der Waals surface area contributed by atoms with Crippen molar-refractivity contribution >= 4 is 5.91 Å². The molecule has 3 aromatic rings. The first-order valence-corrected chi connectivity index (χ1v) is 9.93. The summed E-state index contributed by atoms with van der Waals surface area (Å²) in [7, 11) is 0. The summed E-state index contributed by atoms with van der Waals surface area (Å²) in [4.78, 5) is 15.3. The molecule has 7 heteroatoms. The maximum absolute atomic E-state index is 12.8. The van der Waals surface area contributed by atoms with Gasteiger partial charge in [0.15, 0.2) is 0 Å². The monoisotopic (exact) mass is 389 g/mol. The molecule has 7 nitrogen and oxygen atoms in total. The molecule has 148 valence electrons. The van der Waals surface area contributed by atoms with Gasteiger partial charge in [0.2, 0.25) is 0 Å². The van der Waals surface area contributed by atoms with Crippen LogP contribution >= 0.6 is 0 Å². The van der Waals surface area contributed by atoms with Crippen LogP contribution in [0.2, 0.25) is 0 Å². The Morgan fingerprint density at radius 2 is 1.86 bits per heavy atom. The summed E-state index contributed by atoms with van der Waals surface area (Å²) in [6.07, 6.45) is 4.25. The fraction of sp³-hybridized carbons (Fsp3) is 0.318. The van der Waals surface area contributed by atoms with Gasteiger partial charge in [-0.1, -0.05) is 36.4 Å². The zero-order valence-corrected chi connectivity index (χ0v) is 16.0. The first kappa shape index (κ1) is 18.0. The van der Waals surface area contributed by atoms with E-state index in [-0.39, 0.29) is 18.1 Å². The Labute approximate surface area is 169 Å². The van der Waals surface area contributed by atoms with Crippen LogP contribution in [-0.4, -0.2) is 57.4 Å². The lowest BCUT2D eigenvalue weighted by molar-refractivity contribution is -0.0502. The molecule has 0 saturated carbocycles. The maximum atomic E-state index is 12.8. The Hall–Kier alpha value is -3.03. The molecule has 2 aromatic carbocycles. The van der Waals surface area contributed by atoms with Crippen LogP contribution in [0.15, 0.2) is 67.3 Å². The maximum Gasteiger partial charge on any atom is 0.251 e. The van der Waals surface area contributed by atoms with Crippen molar-refractivity contribution in [1.29, 1.82) is 0 Å². The van der Waals surface area contributed by atoms with Crippen molar-refractivity contribution in [3.8, 4) is 5.69 Å². The lowest BCUT2D eigenvalue weighted by Crippen LogP contribution is -2.43. The number of hydrogen-bond acceptors (Lipinski definition) is 5. The molecule has 3 heterocycles. The molecule has 2 aliphatic rings. The average Bonchev–Trinajstić information content (AvgIpc) is 3.43. The summed E-state index contributed by atoms with van der Waals surface area (Å²) in [5, 5.41) is 10.8. The van der Waals surface area contributed by atoms with Gasteiger partial charge in [0.1, 0.15) is 12.7 Å². The number of aromatic nitrogens is 3. The predicted molar refractivity (Wildman–Crippen MR) is 108 cm³/mol. The van der Waals surface area contributed by atoms with Gasteiger partial charge < -0.3 is 10.1 Å². The molecular weight excluding hydrogens is 366 g/mol. The summed E-state index contributed by atoms with van der Waals surface area (Å²) in [5.41, 5.74) is 2.72. The summed E-state index contributed by atoms with van der Waals surface area (Å²) >= 11 is 0. The molecule has 0 radical (unpaired) electrons. The van der Waals surface area contributed by atoms with Gasteiger partial charge in [-0.25, -0.2) is 0 Å². The number of hydrogen-bond donors (Lipinski definition) is 1. The number of amides is 1. The molecule has 3 atom stereocenters. The fourth-order valence-corrected chi connectivity index (χ4v) is 4.26. The smallest absolute Gasteiger partial charge is 0.251 e. The SMILES string of the molecule is O=C(N[C@@H]1C[C@H]2CO[C@@H](c3ccccc3)CN2C1)c1cccc(-n2cnnc2)c1. The van der Waals surface area contributed by atoms with E-state index in [1.54, 1.807) is 17.2 Å². The molecule has 29 heavy (non-hydrogen) atoms. The Bertz CT molecular complexity index is 976. The largest absolute Gasteiger partial charge is 0.371 e. The molecule has 0 aliphatic carbocycles. The van der Waals surface area contributed by atoms with E-state index in [9.17, 15) is 4.79 Å². The van der Waals surface area contributed by atoms with Crippen LogP contribution in [0.5, 0.6) is 0 Å². The molecule has 0 spiro atoms. The van der Waals surface area contributed by atoms with Gasteiger partial charge in [-0.05, 0) is 30.2 Å². The average molecular weight is 389 g/mol. The highest BCUT2D eigenvalue weighted by Crippen LogP contribution is 2.30. The van der Waals surface area contributed by atoms with E-state index in [0.717, 1.165) is 25.2 Å². The highest BCUT2D eigenvalue weighted by atomic mass is 16.5. The van der Waals surface area contributed by atoms with Crippen molar-refractivity contribution in [2.24, 2.45) is 0 Å². The molecular formula is C22H23N5O2. The van der Waals surface area contributed by atoms with Gasteiger partial charge in [0.25, 0.3) is 5.91 Å². The van der Waals surface area contributed by atoms with E-state index in [1.807, 2.05) is 42.5 Å². The van der Waals surface area contributed by atoms with Crippen LogP contribution in [0.25, 0.3) is 5.69 Å². The minimum atomic E-state index is -0.0506. The number of morpholine rings is 1. The summed E-state index contributed by atoms with van der Waals surface area (Å²) in [6, 6.07) is 18.3. The molecule has 5 rings (SSSR count). The Balaban J connectivity index is 1.22. The van der Waals surface area contributed by atoms with E-state index in [2.05, 4.69) is 32.5 Å². The predicted octanol–water partition coefficient (Wildman–Crippen LogP) is 2.21. The molecule has 2 aliphatic heterocycles. The number of nitrogens with one attached hydrogen (secondary N) is 1. The third-order valence-electron chi connectivity index (χ3n) is 5.75. The zero-order valence-electron chi connectivity index (χ0n) is 16.0. The summed E-state index contributed by atoms with van der Waals surface area (Å²) in [6.45, 7) is 2.42. The Morgan fingerprint density at radius 3 is 2.69 bits per heavy atom. The molecule has 2 saturated heterocycles. The third-order valence-corrected chi connectivity index (χ3v) is 5.75. The van der Waals surface area contributed by atoms with Crippen molar-refractivity contribution in [3.63, 3.8) is 0 Å². The quantitative estimate of drug-likeness (QED) is 0.741. The highest BCUT2D eigenvalue weighted by Gasteiger charge is 2.38. The lowest BCUT2D eigenvalue weighted by atomic mass is 10.1. The highest BCUT2D eigenvalue weighted by molar-refractivity contribution is 5.95. The minimum Gasteiger partial charge on any atom is -0.371 e. The van der Waals surface area contributed by atoms with E-state index < -0.39 is 0 Å². The first-order valence-electron chi connectivity index (χ1n) is 9.93. The number of carbonyl (C=O) groups excluding carboxylic acids is 1. The van der Waals surface area contributed by atoms with E-state index in [1.165, 1.54) is 5.56 Å². The van der Waals surface area contributed by atoms with Crippen LogP contribution in [0.4, 0.5) is 0 Å². The van der Waals surface area contributed by atoms with Crippen LogP contribution in [0.1, 0.15) is 28.4 Å². The van der Waals surface area contributed by atoms with Gasteiger partial charge >= 0.3 is 0 Å². The summed E-state index contributed by atoms with van der Waals surface area (Å²) in [5.74, 6) is -0.0506. The van der Waals surface area contributed by atoms with Crippen molar-refractivity contribution < 1.29 is 9.53 Å². The van der Waals surface area contributed by atoms with Crippen LogP contribution in [-0.2, 0) is 4.74 Å². The van der Waals surface area contributed by atoms with Crippen LogP contribution in [0, 0.1) is 0 Å².